The van der Waals surface area contributed by atoms with Crippen molar-refractivity contribution >= 4 is 56.9 Å². The average Bonchev–Trinajstić information content (AvgIpc) is 3.16. The third-order valence-electron chi connectivity index (χ3n) is 3.73. The van der Waals surface area contributed by atoms with E-state index in [-0.39, 0.29) is 28.3 Å². The molecule has 0 radical (unpaired) electrons. The smallest absolute Gasteiger partial charge is 0.349 e. The van der Waals surface area contributed by atoms with E-state index in [0.29, 0.717) is 11.3 Å². The molecular formula is C19H12IN3O4S. The lowest BCUT2D eigenvalue weighted by Gasteiger charge is -2.03. The van der Waals surface area contributed by atoms with E-state index in [2.05, 4.69) is 38.1 Å². The number of aromatic nitrogens is 2. The molecule has 0 saturated carbocycles. The molecule has 0 aliphatic heterocycles. The Balaban J connectivity index is 1.44. The highest BCUT2D eigenvalue weighted by Gasteiger charge is 2.16. The summed E-state index contributed by atoms with van der Waals surface area (Å²) in [6.07, 6.45) is 0. The second-order valence-electron chi connectivity index (χ2n) is 5.70. The number of nitrogens with zero attached hydrogens (tertiary/aromatic N) is 2. The Labute approximate surface area is 176 Å². The van der Waals surface area contributed by atoms with Gasteiger partial charge in [0.1, 0.15) is 11.1 Å². The van der Waals surface area contributed by atoms with Crippen LogP contribution in [-0.4, -0.2) is 21.9 Å². The molecule has 0 unspecified atom stereocenters. The molecule has 0 aliphatic rings. The summed E-state index contributed by atoms with van der Waals surface area (Å²) in [5.74, 6) is -0.0452. The average molecular weight is 505 g/mol. The van der Waals surface area contributed by atoms with Crippen LogP contribution in [0.3, 0.4) is 0 Å². The number of fused-ring (bicyclic) bond motifs is 1. The lowest BCUT2D eigenvalue weighted by atomic mass is 10.2. The highest BCUT2D eigenvalue weighted by molar-refractivity contribution is 14.1. The number of carbonyl (C=O) groups excluding carboxylic acids is 1. The molecule has 0 bridgehead atoms. The molecule has 0 fully saturated rings. The first-order valence-corrected chi connectivity index (χ1v) is 10.2. The monoisotopic (exact) mass is 505 g/mol. The normalized spacial score (nSPS) is 10.9. The van der Waals surface area contributed by atoms with Crippen LogP contribution in [0, 0.1) is 3.57 Å². The number of para-hydroxylation sites is 1. The number of hydrogen-bond acceptors (Lipinski definition) is 7. The van der Waals surface area contributed by atoms with Crippen molar-refractivity contribution in [2.75, 3.05) is 11.1 Å². The third kappa shape index (κ3) is 4.25. The summed E-state index contributed by atoms with van der Waals surface area (Å²) in [6, 6.07) is 16.3. The summed E-state index contributed by atoms with van der Waals surface area (Å²) < 4.78 is 11.9. The van der Waals surface area contributed by atoms with Gasteiger partial charge in [0.2, 0.25) is 5.91 Å². The predicted octanol–water partition coefficient (Wildman–Crippen LogP) is 4.18. The third-order valence-corrected chi connectivity index (χ3v) is 5.27. The van der Waals surface area contributed by atoms with E-state index in [1.807, 2.05) is 36.4 Å². The molecule has 0 spiro atoms. The van der Waals surface area contributed by atoms with Gasteiger partial charge in [-0.1, -0.05) is 30.0 Å². The molecule has 1 N–H and O–H groups in total. The zero-order valence-electron chi connectivity index (χ0n) is 14.2. The summed E-state index contributed by atoms with van der Waals surface area (Å²) in [4.78, 5) is 24.2. The van der Waals surface area contributed by atoms with Crippen molar-refractivity contribution in [3.8, 4) is 11.5 Å². The number of anilines is 1. The molecule has 4 rings (SSSR count). The molecular weight excluding hydrogens is 493 g/mol. The van der Waals surface area contributed by atoms with Gasteiger partial charge in [-0.2, -0.15) is 0 Å². The topological polar surface area (TPSA) is 98.2 Å². The zero-order chi connectivity index (χ0) is 19.5. The van der Waals surface area contributed by atoms with E-state index in [9.17, 15) is 9.59 Å². The first kappa shape index (κ1) is 18.7. The van der Waals surface area contributed by atoms with E-state index >= 15 is 0 Å². The van der Waals surface area contributed by atoms with Crippen LogP contribution in [0.1, 0.15) is 0 Å². The Morgan fingerprint density at radius 1 is 1.07 bits per heavy atom. The van der Waals surface area contributed by atoms with Gasteiger partial charge in [0, 0.05) is 14.6 Å². The Morgan fingerprint density at radius 3 is 2.68 bits per heavy atom. The Hall–Kier alpha value is -2.66. The van der Waals surface area contributed by atoms with E-state index in [1.165, 1.54) is 0 Å². The van der Waals surface area contributed by atoms with Crippen LogP contribution in [0.25, 0.3) is 22.4 Å². The minimum absolute atomic E-state index is 0.0556. The van der Waals surface area contributed by atoms with Crippen LogP contribution in [0.4, 0.5) is 5.69 Å². The van der Waals surface area contributed by atoms with Crippen molar-refractivity contribution < 1.29 is 13.6 Å². The van der Waals surface area contributed by atoms with Crippen LogP contribution in [-0.2, 0) is 4.79 Å². The van der Waals surface area contributed by atoms with Crippen LogP contribution in [0.5, 0.6) is 0 Å². The molecule has 1 amide bonds. The van der Waals surface area contributed by atoms with Gasteiger partial charge < -0.3 is 14.2 Å². The Morgan fingerprint density at radius 2 is 1.86 bits per heavy atom. The molecule has 4 aromatic rings. The molecule has 0 aliphatic carbocycles. The first-order chi connectivity index (χ1) is 13.6. The van der Waals surface area contributed by atoms with Gasteiger partial charge in [0.15, 0.2) is 0 Å². The summed E-state index contributed by atoms with van der Waals surface area (Å²) >= 11 is 3.28. The van der Waals surface area contributed by atoms with Gasteiger partial charge in [-0.15, -0.1) is 10.2 Å². The van der Waals surface area contributed by atoms with Crippen molar-refractivity contribution in [2.45, 2.75) is 5.22 Å². The van der Waals surface area contributed by atoms with Crippen molar-refractivity contribution in [1.29, 1.82) is 0 Å². The molecule has 28 heavy (non-hydrogen) atoms. The number of halogens is 1. The molecule has 7 nitrogen and oxygen atoms in total. The largest absolute Gasteiger partial charge is 0.422 e. The maximum Gasteiger partial charge on any atom is 0.349 e. The summed E-state index contributed by atoms with van der Waals surface area (Å²) in [7, 11) is 0. The Kier molecular flexibility index (Phi) is 5.44. The SMILES string of the molecule is O=C(CSc1nnc(-c2cc3ccccc3oc2=O)o1)Nc1ccc(I)cc1. The standard InChI is InChI=1S/C19H12IN3O4S/c20-12-5-7-13(8-6-12)21-16(24)10-28-19-23-22-17(27-19)14-9-11-3-1-2-4-15(11)26-18(14)25/h1-9H,10H2,(H,21,24). The second-order valence-corrected chi connectivity index (χ2v) is 7.87. The maximum absolute atomic E-state index is 12.2. The van der Waals surface area contributed by atoms with Gasteiger partial charge in [-0.25, -0.2) is 4.79 Å². The van der Waals surface area contributed by atoms with E-state index < -0.39 is 5.63 Å². The summed E-state index contributed by atoms with van der Waals surface area (Å²) in [5, 5.41) is 11.5. The number of hydrogen-bond donors (Lipinski definition) is 1. The summed E-state index contributed by atoms with van der Waals surface area (Å²) in [6.45, 7) is 0. The van der Waals surface area contributed by atoms with Crippen LogP contribution in [0.2, 0.25) is 0 Å². The number of benzene rings is 2. The fourth-order valence-corrected chi connectivity index (χ4v) is 3.37. The Bertz CT molecular complexity index is 1200. The molecule has 0 atom stereocenters. The van der Waals surface area contributed by atoms with Gasteiger partial charge in [-0.05, 0) is 59.0 Å². The van der Waals surface area contributed by atoms with Crippen LogP contribution < -0.4 is 10.9 Å². The minimum atomic E-state index is -0.560. The molecule has 2 aromatic carbocycles. The zero-order valence-corrected chi connectivity index (χ0v) is 17.2. The molecule has 2 heterocycles. The number of rotatable bonds is 5. The van der Waals surface area contributed by atoms with Crippen LogP contribution >= 0.6 is 34.4 Å². The fraction of sp³-hybridized carbons (Fsp3) is 0.0526. The van der Waals surface area contributed by atoms with Crippen LogP contribution in [0.15, 0.2) is 73.4 Å². The van der Waals surface area contributed by atoms with E-state index in [1.54, 1.807) is 18.2 Å². The van der Waals surface area contributed by atoms with Gasteiger partial charge in [-0.3, -0.25) is 4.79 Å². The second kappa shape index (κ2) is 8.15. The highest BCUT2D eigenvalue weighted by Crippen LogP contribution is 2.24. The number of amides is 1. The van der Waals surface area contributed by atoms with Gasteiger partial charge in [0.25, 0.3) is 11.1 Å². The lowest BCUT2D eigenvalue weighted by molar-refractivity contribution is -0.113. The highest BCUT2D eigenvalue weighted by atomic mass is 127. The molecule has 9 heteroatoms. The van der Waals surface area contributed by atoms with E-state index in [4.69, 9.17) is 8.83 Å². The molecule has 2 aromatic heterocycles. The first-order valence-electron chi connectivity index (χ1n) is 8.13. The van der Waals surface area contributed by atoms with E-state index in [0.717, 1.165) is 20.7 Å². The van der Waals surface area contributed by atoms with Gasteiger partial charge >= 0.3 is 5.63 Å². The lowest BCUT2D eigenvalue weighted by Crippen LogP contribution is -2.13. The maximum atomic E-state index is 12.2. The van der Waals surface area contributed by atoms with Crippen molar-refractivity contribution in [1.82, 2.24) is 10.2 Å². The number of thioether (sulfide) groups is 1. The van der Waals surface area contributed by atoms with Crippen molar-refractivity contribution in [3.05, 3.63) is 68.6 Å². The van der Waals surface area contributed by atoms with Gasteiger partial charge in [0.05, 0.1) is 5.75 Å². The fourth-order valence-electron chi connectivity index (χ4n) is 2.45. The predicted molar refractivity (Wildman–Crippen MR) is 114 cm³/mol. The van der Waals surface area contributed by atoms with Crippen molar-refractivity contribution in [2.24, 2.45) is 0 Å². The van der Waals surface area contributed by atoms with Crippen molar-refractivity contribution in [3.63, 3.8) is 0 Å². The quantitative estimate of drug-likeness (QED) is 0.247. The summed E-state index contributed by atoms with van der Waals surface area (Å²) in [5.41, 5.74) is 0.820. The molecule has 0 saturated heterocycles. The number of carbonyl (C=O) groups is 1. The minimum Gasteiger partial charge on any atom is -0.422 e. The number of nitrogens with one attached hydrogen (secondary N) is 1. The molecule has 140 valence electrons.